The molecule has 0 radical (unpaired) electrons. The normalized spacial score (nSPS) is 17.4. The van der Waals surface area contributed by atoms with Crippen LogP contribution in [0.5, 0.6) is 0 Å². The summed E-state index contributed by atoms with van der Waals surface area (Å²) in [5.41, 5.74) is 0. The van der Waals surface area contributed by atoms with E-state index < -0.39 is 16.9 Å². The van der Waals surface area contributed by atoms with Gasteiger partial charge in [-0.3, -0.25) is 4.21 Å². The van der Waals surface area contributed by atoms with Gasteiger partial charge in [-0.2, -0.15) is 0 Å². The Kier molecular flexibility index (Phi) is 9.18. The maximum absolute atomic E-state index is 11.6. The molecule has 0 aromatic heterocycles. The van der Waals surface area contributed by atoms with E-state index in [0.717, 1.165) is 13.0 Å². The number of nitrogens with one attached hydrogen (secondary N) is 1. The summed E-state index contributed by atoms with van der Waals surface area (Å²) in [5.74, 6) is 2.17. The number of rotatable bonds is 9. The van der Waals surface area contributed by atoms with Crippen LogP contribution in [0.15, 0.2) is 0 Å². The summed E-state index contributed by atoms with van der Waals surface area (Å²) in [4.78, 5) is 0. The minimum Gasteiger partial charge on any atom is -0.391 e. The summed E-state index contributed by atoms with van der Waals surface area (Å²) in [7, 11) is -0.884. The highest BCUT2D eigenvalue weighted by atomic mass is 32.2. The highest BCUT2D eigenvalue weighted by Crippen LogP contribution is 2.03. The van der Waals surface area contributed by atoms with Crippen LogP contribution >= 0.6 is 0 Å². The second kappa shape index (κ2) is 9.14. The van der Waals surface area contributed by atoms with Crippen LogP contribution in [0.3, 0.4) is 0 Å². The van der Waals surface area contributed by atoms with Crippen molar-refractivity contribution in [3.05, 3.63) is 0 Å². The Morgan fingerprint density at radius 3 is 2.31 bits per heavy atom. The Bertz CT molecular complexity index is 197. The Labute approximate surface area is 102 Å². The third-order valence-electron chi connectivity index (χ3n) is 2.48. The molecule has 0 aromatic rings. The lowest BCUT2D eigenvalue weighted by Gasteiger charge is -2.14. The Hall–Kier alpha value is 0.0700. The summed E-state index contributed by atoms with van der Waals surface area (Å²) in [5, 5.41) is 12.8. The van der Waals surface area contributed by atoms with Gasteiger partial charge in [0.1, 0.15) is 0 Å². The van der Waals surface area contributed by atoms with E-state index in [1.54, 1.807) is 0 Å². The minimum absolute atomic E-state index is 0.398. The van der Waals surface area contributed by atoms with Crippen molar-refractivity contribution in [3.8, 4) is 0 Å². The zero-order valence-electron chi connectivity index (χ0n) is 11.0. The average Bonchev–Trinajstić information content (AvgIpc) is 2.16. The topological polar surface area (TPSA) is 49.3 Å². The lowest BCUT2D eigenvalue weighted by molar-refractivity contribution is 0.193. The minimum atomic E-state index is -0.884. The van der Waals surface area contributed by atoms with Gasteiger partial charge < -0.3 is 10.4 Å². The molecule has 0 heterocycles. The largest absolute Gasteiger partial charge is 0.391 e. The van der Waals surface area contributed by atoms with E-state index in [-0.39, 0.29) is 0 Å². The molecule has 2 N–H and O–H groups in total. The van der Waals surface area contributed by atoms with Gasteiger partial charge in [-0.15, -0.1) is 0 Å². The maximum atomic E-state index is 11.6. The SMILES string of the molecule is CCC(C)CS(=O)CC(O)CNCC(C)C. The van der Waals surface area contributed by atoms with Crippen LogP contribution in [0.25, 0.3) is 0 Å². The van der Waals surface area contributed by atoms with Crippen molar-refractivity contribution in [2.75, 3.05) is 24.6 Å². The number of aliphatic hydroxyl groups excluding tert-OH is 1. The van der Waals surface area contributed by atoms with Crippen molar-refractivity contribution >= 4 is 10.8 Å². The van der Waals surface area contributed by atoms with Gasteiger partial charge in [0.25, 0.3) is 0 Å². The van der Waals surface area contributed by atoms with Crippen molar-refractivity contribution < 1.29 is 9.32 Å². The standard InChI is InChI=1S/C12H27NO2S/c1-5-11(4)8-16(15)9-12(14)7-13-6-10(2)3/h10-14H,5-9H2,1-4H3. The third-order valence-corrected chi connectivity index (χ3v) is 4.18. The van der Waals surface area contributed by atoms with Gasteiger partial charge in [0, 0.05) is 23.1 Å². The average molecular weight is 249 g/mol. The fourth-order valence-corrected chi connectivity index (χ4v) is 2.87. The molecule has 0 aliphatic heterocycles. The molecule has 0 bridgehead atoms. The molecule has 0 fully saturated rings. The van der Waals surface area contributed by atoms with Crippen LogP contribution in [0, 0.1) is 11.8 Å². The van der Waals surface area contributed by atoms with E-state index in [1.807, 2.05) is 0 Å². The van der Waals surface area contributed by atoms with Crippen molar-refractivity contribution in [1.29, 1.82) is 0 Å². The highest BCUT2D eigenvalue weighted by Gasteiger charge is 2.11. The van der Waals surface area contributed by atoms with Gasteiger partial charge in [0.15, 0.2) is 0 Å². The second-order valence-corrected chi connectivity index (χ2v) is 6.54. The molecule has 4 heteroatoms. The Balaban J connectivity index is 3.62. The summed E-state index contributed by atoms with van der Waals surface area (Å²) in [6.45, 7) is 9.89. The van der Waals surface area contributed by atoms with Crippen LogP contribution in [0.4, 0.5) is 0 Å². The Morgan fingerprint density at radius 2 is 1.81 bits per heavy atom. The highest BCUT2D eigenvalue weighted by molar-refractivity contribution is 7.85. The van der Waals surface area contributed by atoms with Crippen LogP contribution in [0.2, 0.25) is 0 Å². The van der Waals surface area contributed by atoms with Crippen LogP contribution in [0.1, 0.15) is 34.1 Å². The number of hydrogen-bond acceptors (Lipinski definition) is 3. The molecule has 0 aromatic carbocycles. The van der Waals surface area contributed by atoms with E-state index in [4.69, 9.17) is 0 Å². The molecule has 98 valence electrons. The molecule has 0 rings (SSSR count). The molecule has 0 saturated carbocycles. The predicted octanol–water partition coefficient (Wildman–Crippen LogP) is 1.39. The van der Waals surface area contributed by atoms with Crippen LogP contribution < -0.4 is 5.32 Å². The van der Waals surface area contributed by atoms with Crippen molar-refractivity contribution in [3.63, 3.8) is 0 Å². The lowest BCUT2D eigenvalue weighted by Crippen LogP contribution is -2.33. The first-order chi connectivity index (χ1) is 7.45. The maximum Gasteiger partial charge on any atom is 0.0779 e. The fourth-order valence-electron chi connectivity index (χ4n) is 1.32. The first kappa shape index (κ1) is 16.1. The molecular formula is C12H27NO2S. The molecule has 0 aliphatic carbocycles. The summed E-state index contributed by atoms with van der Waals surface area (Å²) in [6.07, 6.45) is 0.566. The summed E-state index contributed by atoms with van der Waals surface area (Å²) in [6, 6.07) is 0. The summed E-state index contributed by atoms with van der Waals surface area (Å²) >= 11 is 0. The molecule has 0 saturated heterocycles. The quantitative estimate of drug-likeness (QED) is 0.649. The van der Waals surface area contributed by atoms with Gasteiger partial charge in [0.05, 0.1) is 11.9 Å². The molecule has 0 spiro atoms. The van der Waals surface area contributed by atoms with Gasteiger partial charge in [-0.25, -0.2) is 0 Å². The van der Waals surface area contributed by atoms with E-state index in [2.05, 4.69) is 33.0 Å². The van der Waals surface area contributed by atoms with Crippen molar-refractivity contribution in [2.45, 2.75) is 40.2 Å². The zero-order valence-corrected chi connectivity index (χ0v) is 11.8. The molecule has 0 amide bonds. The van der Waals surface area contributed by atoms with Crippen molar-refractivity contribution in [1.82, 2.24) is 5.32 Å². The van der Waals surface area contributed by atoms with Gasteiger partial charge in [-0.1, -0.05) is 34.1 Å². The van der Waals surface area contributed by atoms with Crippen molar-refractivity contribution in [2.24, 2.45) is 11.8 Å². The molecule has 16 heavy (non-hydrogen) atoms. The zero-order chi connectivity index (χ0) is 12.6. The number of hydrogen-bond donors (Lipinski definition) is 2. The van der Waals surface area contributed by atoms with E-state index in [1.165, 1.54) is 0 Å². The smallest absolute Gasteiger partial charge is 0.0779 e. The summed E-state index contributed by atoms with van der Waals surface area (Å²) < 4.78 is 11.6. The predicted molar refractivity (Wildman–Crippen MR) is 71.0 cm³/mol. The fraction of sp³-hybridized carbons (Fsp3) is 1.00. The van der Waals surface area contributed by atoms with Gasteiger partial charge >= 0.3 is 0 Å². The van der Waals surface area contributed by atoms with E-state index >= 15 is 0 Å². The monoisotopic (exact) mass is 249 g/mol. The van der Waals surface area contributed by atoms with E-state index in [9.17, 15) is 9.32 Å². The van der Waals surface area contributed by atoms with Crippen LogP contribution in [-0.2, 0) is 10.8 Å². The van der Waals surface area contributed by atoms with Gasteiger partial charge in [0.2, 0.25) is 0 Å². The first-order valence-electron chi connectivity index (χ1n) is 6.19. The Morgan fingerprint density at radius 1 is 1.19 bits per heavy atom. The van der Waals surface area contributed by atoms with E-state index in [0.29, 0.717) is 29.9 Å². The van der Waals surface area contributed by atoms with Crippen LogP contribution in [-0.4, -0.2) is 40.0 Å². The molecule has 3 unspecified atom stereocenters. The first-order valence-corrected chi connectivity index (χ1v) is 7.68. The molecule has 0 aliphatic rings. The lowest BCUT2D eigenvalue weighted by atomic mass is 10.2. The molecular weight excluding hydrogens is 222 g/mol. The molecule has 3 nitrogen and oxygen atoms in total. The van der Waals surface area contributed by atoms with Gasteiger partial charge in [-0.05, 0) is 18.4 Å². The molecule has 3 atom stereocenters. The number of aliphatic hydroxyl groups is 1. The third kappa shape index (κ3) is 9.31. The second-order valence-electron chi connectivity index (χ2n) is 4.99.